The molecule has 2 heterocycles. The van der Waals surface area contributed by atoms with E-state index >= 15 is 0 Å². The Balaban J connectivity index is 1.71. The molecule has 0 saturated heterocycles. The monoisotopic (exact) mass is 283 g/mol. The van der Waals surface area contributed by atoms with Crippen LogP contribution in [0.1, 0.15) is 10.4 Å². The fraction of sp³-hybridized carbons (Fsp3) is 0.0667. The molecule has 20 heavy (non-hydrogen) atoms. The molecule has 0 amide bonds. The number of anilines is 2. The number of thiazole rings is 1. The third-order valence-electron chi connectivity index (χ3n) is 3.31. The van der Waals surface area contributed by atoms with Crippen molar-refractivity contribution in [1.82, 2.24) is 9.97 Å². The standard InChI is InChI=1S/C15H10FN3S/c16-11-5-3-4-9-10(11)8-12-14(9)19-15(20-12)18-13-6-1-2-7-17-13/h1-7H,8H2,(H,17,18,19). The van der Waals surface area contributed by atoms with Crippen molar-refractivity contribution >= 4 is 22.3 Å². The molecule has 3 nitrogen and oxygen atoms in total. The summed E-state index contributed by atoms with van der Waals surface area (Å²) in [4.78, 5) is 9.88. The number of halogens is 1. The number of nitrogens with one attached hydrogen (secondary N) is 1. The molecule has 0 bridgehead atoms. The summed E-state index contributed by atoms with van der Waals surface area (Å²) in [6.07, 6.45) is 2.35. The molecule has 3 aromatic rings. The molecule has 1 aliphatic carbocycles. The second kappa shape index (κ2) is 4.38. The summed E-state index contributed by atoms with van der Waals surface area (Å²) in [5, 5.41) is 3.98. The molecule has 2 aromatic heterocycles. The molecule has 0 atom stereocenters. The van der Waals surface area contributed by atoms with E-state index in [1.54, 1.807) is 23.6 Å². The van der Waals surface area contributed by atoms with Gasteiger partial charge in [0.15, 0.2) is 5.13 Å². The third kappa shape index (κ3) is 1.78. The van der Waals surface area contributed by atoms with Crippen LogP contribution in [0, 0.1) is 5.82 Å². The smallest absolute Gasteiger partial charge is 0.189 e. The van der Waals surface area contributed by atoms with Crippen LogP contribution in [0.15, 0.2) is 42.6 Å². The van der Waals surface area contributed by atoms with E-state index in [4.69, 9.17) is 0 Å². The summed E-state index contributed by atoms with van der Waals surface area (Å²) in [5.41, 5.74) is 2.55. The van der Waals surface area contributed by atoms with Crippen LogP contribution in [0.4, 0.5) is 15.3 Å². The lowest BCUT2D eigenvalue weighted by atomic mass is 10.1. The topological polar surface area (TPSA) is 37.8 Å². The van der Waals surface area contributed by atoms with Crippen LogP contribution in [-0.4, -0.2) is 9.97 Å². The van der Waals surface area contributed by atoms with E-state index in [2.05, 4.69) is 15.3 Å². The number of fused-ring (bicyclic) bond motifs is 3. The van der Waals surface area contributed by atoms with Crippen LogP contribution in [0.2, 0.25) is 0 Å². The molecule has 1 N–H and O–H groups in total. The van der Waals surface area contributed by atoms with Gasteiger partial charge in [0.25, 0.3) is 0 Å². The summed E-state index contributed by atoms with van der Waals surface area (Å²) in [5.74, 6) is 0.617. The quantitative estimate of drug-likeness (QED) is 0.604. The lowest BCUT2D eigenvalue weighted by Crippen LogP contribution is -1.92. The Hall–Kier alpha value is -2.27. The molecule has 98 valence electrons. The summed E-state index contributed by atoms with van der Waals surface area (Å²) in [7, 11) is 0. The number of rotatable bonds is 2. The minimum absolute atomic E-state index is 0.146. The highest BCUT2D eigenvalue weighted by atomic mass is 32.1. The van der Waals surface area contributed by atoms with E-state index in [0.29, 0.717) is 6.42 Å². The highest BCUT2D eigenvalue weighted by Crippen LogP contribution is 2.42. The van der Waals surface area contributed by atoms with Gasteiger partial charge in [0, 0.05) is 28.6 Å². The first kappa shape index (κ1) is 11.5. The van der Waals surface area contributed by atoms with Gasteiger partial charge < -0.3 is 5.32 Å². The van der Waals surface area contributed by atoms with Crippen molar-refractivity contribution in [3.63, 3.8) is 0 Å². The summed E-state index contributed by atoms with van der Waals surface area (Å²) < 4.78 is 13.7. The van der Waals surface area contributed by atoms with Crippen molar-refractivity contribution in [3.05, 3.63) is 58.9 Å². The first-order valence-electron chi connectivity index (χ1n) is 6.27. The lowest BCUT2D eigenvalue weighted by Gasteiger charge is -2.02. The van der Waals surface area contributed by atoms with Gasteiger partial charge in [-0.05, 0) is 18.2 Å². The van der Waals surface area contributed by atoms with Crippen LogP contribution < -0.4 is 5.32 Å². The molecule has 0 saturated carbocycles. The Morgan fingerprint density at radius 3 is 2.95 bits per heavy atom. The fourth-order valence-electron chi connectivity index (χ4n) is 2.40. The van der Waals surface area contributed by atoms with Crippen molar-refractivity contribution in [2.75, 3.05) is 5.32 Å². The van der Waals surface area contributed by atoms with E-state index in [0.717, 1.165) is 32.6 Å². The van der Waals surface area contributed by atoms with Gasteiger partial charge >= 0.3 is 0 Å². The minimum atomic E-state index is -0.146. The first-order valence-corrected chi connectivity index (χ1v) is 7.08. The molecule has 0 spiro atoms. The molecule has 5 heteroatoms. The van der Waals surface area contributed by atoms with Crippen LogP contribution in [0.3, 0.4) is 0 Å². The Labute approximate surface area is 119 Å². The Bertz CT molecular complexity index is 783. The highest BCUT2D eigenvalue weighted by molar-refractivity contribution is 7.16. The highest BCUT2D eigenvalue weighted by Gasteiger charge is 2.25. The number of pyridine rings is 1. The molecular weight excluding hydrogens is 273 g/mol. The Kier molecular flexibility index (Phi) is 2.53. The number of nitrogens with zero attached hydrogens (tertiary/aromatic N) is 2. The minimum Gasteiger partial charge on any atom is -0.316 e. The van der Waals surface area contributed by atoms with Gasteiger partial charge in [-0.25, -0.2) is 14.4 Å². The summed E-state index contributed by atoms with van der Waals surface area (Å²) in [6.45, 7) is 0. The largest absolute Gasteiger partial charge is 0.316 e. The molecular formula is C15H10FN3S. The number of hydrogen-bond acceptors (Lipinski definition) is 4. The third-order valence-corrected chi connectivity index (χ3v) is 4.28. The molecule has 4 rings (SSSR count). The zero-order valence-corrected chi connectivity index (χ0v) is 11.2. The van der Waals surface area contributed by atoms with E-state index in [1.165, 1.54) is 6.07 Å². The van der Waals surface area contributed by atoms with Crippen LogP contribution in [0.25, 0.3) is 11.3 Å². The predicted molar refractivity (Wildman–Crippen MR) is 77.8 cm³/mol. The fourth-order valence-corrected chi connectivity index (χ4v) is 3.40. The van der Waals surface area contributed by atoms with Crippen molar-refractivity contribution in [2.45, 2.75) is 6.42 Å². The summed E-state index contributed by atoms with van der Waals surface area (Å²) in [6, 6.07) is 10.8. The number of aromatic nitrogens is 2. The maximum absolute atomic E-state index is 13.7. The number of hydrogen-bond donors (Lipinski definition) is 1. The molecule has 0 radical (unpaired) electrons. The van der Waals surface area contributed by atoms with Crippen LogP contribution >= 0.6 is 11.3 Å². The van der Waals surface area contributed by atoms with Crippen molar-refractivity contribution in [3.8, 4) is 11.3 Å². The second-order valence-corrected chi connectivity index (χ2v) is 5.66. The maximum Gasteiger partial charge on any atom is 0.189 e. The lowest BCUT2D eigenvalue weighted by molar-refractivity contribution is 0.616. The zero-order valence-electron chi connectivity index (χ0n) is 10.4. The molecule has 0 unspecified atom stereocenters. The second-order valence-electron chi connectivity index (χ2n) is 4.57. The van der Waals surface area contributed by atoms with Crippen molar-refractivity contribution < 1.29 is 4.39 Å². The zero-order chi connectivity index (χ0) is 13.5. The average molecular weight is 283 g/mol. The van der Waals surface area contributed by atoms with Gasteiger partial charge in [0.1, 0.15) is 11.6 Å². The average Bonchev–Trinajstić information content (AvgIpc) is 2.99. The van der Waals surface area contributed by atoms with Gasteiger partial charge in [0.2, 0.25) is 0 Å². The Morgan fingerprint density at radius 2 is 2.10 bits per heavy atom. The van der Waals surface area contributed by atoms with E-state index in [1.807, 2.05) is 24.3 Å². The van der Waals surface area contributed by atoms with Crippen molar-refractivity contribution in [1.29, 1.82) is 0 Å². The van der Waals surface area contributed by atoms with Gasteiger partial charge in [-0.3, -0.25) is 0 Å². The molecule has 1 aliphatic rings. The predicted octanol–water partition coefficient (Wildman–Crippen LogP) is 3.99. The van der Waals surface area contributed by atoms with Crippen LogP contribution in [-0.2, 0) is 6.42 Å². The maximum atomic E-state index is 13.7. The first-order chi connectivity index (χ1) is 9.81. The molecule has 1 aromatic carbocycles. The van der Waals surface area contributed by atoms with Gasteiger partial charge in [0.05, 0.1) is 5.69 Å². The Morgan fingerprint density at radius 1 is 1.15 bits per heavy atom. The SMILES string of the molecule is Fc1cccc2c1Cc1sc(Nc3ccccn3)nc1-2. The number of benzene rings is 1. The van der Waals surface area contributed by atoms with E-state index in [-0.39, 0.29) is 5.82 Å². The summed E-state index contributed by atoms with van der Waals surface area (Å²) >= 11 is 1.55. The molecule has 0 aliphatic heterocycles. The molecule has 0 fully saturated rings. The van der Waals surface area contributed by atoms with Gasteiger partial charge in [-0.15, -0.1) is 11.3 Å². The van der Waals surface area contributed by atoms with E-state index < -0.39 is 0 Å². The van der Waals surface area contributed by atoms with Gasteiger partial charge in [-0.1, -0.05) is 18.2 Å². The van der Waals surface area contributed by atoms with Crippen molar-refractivity contribution in [2.24, 2.45) is 0 Å². The van der Waals surface area contributed by atoms with Crippen LogP contribution in [0.5, 0.6) is 0 Å². The van der Waals surface area contributed by atoms with Gasteiger partial charge in [-0.2, -0.15) is 0 Å². The normalized spacial score (nSPS) is 12.1. The van der Waals surface area contributed by atoms with E-state index in [9.17, 15) is 4.39 Å².